The topological polar surface area (TPSA) is 79.3 Å². The molecule has 98 valence electrons. The van der Waals surface area contributed by atoms with Crippen molar-refractivity contribution in [2.24, 2.45) is 0 Å². The molecular weight excluding hydrogens is 332 g/mol. The van der Waals surface area contributed by atoms with Gasteiger partial charge in [0.25, 0.3) is 5.91 Å². The predicted molar refractivity (Wildman–Crippen MR) is 74.4 cm³/mol. The van der Waals surface area contributed by atoms with Crippen LogP contribution in [0.1, 0.15) is 25.9 Å². The number of nitrogens with zero attached hydrogens (tertiary/aromatic N) is 1. The number of benzene rings is 1. The Morgan fingerprint density at radius 2 is 2.00 bits per heavy atom. The summed E-state index contributed by atoms with van der Waals surface area (Å²) in [5, 5.41) is 12.9. The summed E-state index contributed by atoms with van der Waals surface area (Å²) in [6.45, 7) is 0.369. The molecular formula is C12H9BrN2O3S. The van der Waals surface area contributed by atoms with Crippen LogP contribution in [-0.2, 0) is 6.54 Å². The highest BCUT2D eigenvalue weighted by Gasteiger charge is 2.14. The highest BCUT2D eigenvalue weighted by molar-refractivity contribution is 9.10. The van der Waals surface area contributed by atoms with Gasteiger partial charge in [-0.05, 0) is 17.7 Å². The van der Waals surface area contributed by atoms with Crippen molar-refractivity contribution in [3.8, 4) is 0 Å². The molecule has 0 aliphatic carbocycles. The summed E-state index contributed by atoms with van der Waals surface area (Å²) >= 11 is 4.34. The van der Waals surface area contributed by atoms with Crippen LogP contribution in [0.4, 0.5) is 0 Å². The second kappa shape index (κ2) is 5.94. The molecule has 1 amide bonds. The van der Waals surface area contributed by atoms with Gasteiger partial charge in [-0.1, -0.05) is 28.1 Å². The van der Waals surface area contributed by atoms with Gasteiger partial charge in [0.2, 0.25) is 0 Å². The number of carboxylic acids is 1. The van der Waals surface area contributed by atoms with Crippen LogP contribution in [0.5, 0.6) is 0 Å². The average molecular weight is 341 g/mol. The van der Waals surface area contributed by atoms with E-state index in [1.807, 2.05) is 24.3 Å². The molecule has 5 nitrogen and oxygen atoms in total. The van der Waals surface area contributed by atoms with E-state index in [1.165, 1.54) is 5.38 Å². The molecule has 2 aromatic rings. The van der Waals surface area contributed by atoms with Crippen LogP contribution in [-0.4, -0.2) is 22.0 Å². The third-order valence-electron chi connectivity index (χ3n) is 2.28. The van der Waals surface area contributed by atoms with Crippen molar-refractivity contribution >= 4 is 39.1 Å². The lowest BCUT2D eigenvalue weighted by Crippen LogP contribution is -2.22. The number of halogens is 1. The van der Waals surface area contributed by atoms with Crippen molar-refractivity contribution < 1.29 is 14.7 Å². The number of aromatic nitrogens is 1. The maximum atomic E-state index is 11.8. The van der Waals surface area contributed by atoms with E-state index in [9.17, 15) is 9.59 Å². The van der Waals surface area contributed by atoms with E-state index >= 15 is 0 Å². The summed E-state index contributed by atoms with van der Waals surface area (Å²) in [5.41, 5.74) is 0.838. The number of carbonyl (C=O) groups is 2. The SMILES string of the molecule is O=C(O)c1csc(C(=O)NCc2ccc(Br)cc2)n1. The number of nitrogens with one attached hydrogen (secondary N) is 1. The van der Waals surface area contributed by atoms with Gasteiger partial charge < -0.3 is 10.4 Å². The van der Waals surface area contributed by atoms with Gasteiger partial charge in [0, 0.05) is 16.4 Å². The average Bonchev–Trinajstić information content (AvgIpc) is 2.87. The van der Waals surface area contributed by atoms with Crippen LogP contribution in [0.2, 0.25) is 0 Å². The molecule has 19 heavy (non-hydrogen) atoms. The van der Waals surface area contributed by atoms with Gasteiger partial charge in [-0.25, -0.2) is 9.78 Å². The zero-order chi connectivity index (χ0) is 13.8. The molecule has 0 aliphatic rings. The lowest BCUT2D eigenvalue weighted by Gasteiger charge is -2.03. The summed E-state index contributed by atoms with van der Waals surface area (Å²) in [6.07, 6.45) is 0. The minimum absolute atomic E-state index is 0.112. The fourth-order valence-electron chi connectivity index (χ4n) is 1.34. The molecule has 0 radical (unpaired) electrons. The van der Waals surface area contributed by atoms with Gasteiger partial charge in [0.05, 0.1) is 0 Å². The standard InChI is InChI=1S/C12H9BrN2O3S/c13-8-3-1-7(2-4-8)5-14-10(16)11-15-9(6-19-11)12(17)18/h1-4,6H,5H2,(H,14,16)(H,17,18). The summed E-state index contributed by atoms with van der Waals surface area (Å²) < 4.78 is 0.966. The summed E-state index contributed by atoms with van der Waals surface area (Å²) in [5.74, 6) is -1.51. The van der Waals surface area contributed by atoms with Crippen molar-refractivity contribution in [1.29, 1.82) is 0 Å². The fraction of sp³-hybridized carbons (Fsp3) is 0.0833. The molecule has 0 saturated heterocycles. The quantitative estimate of drug-likeness (QED) is 0.896. The first-order valence-electron chi connectivity index (χ1n) is 5.28. The minimum Gasteiger partial charge on any atom is -0.476 e. The van der Waals surface area contributed by atoms with E-state index in [0.717, 1.165) is 21.4 Å². The molecule has 1 aromatic heterocycles. The largest absolute Gasteiger partial charge is 0.476 e. The number of thiazole rings is 1. The Balaban J connectivity index is 1.97. The Morgan fingerprint density at radius 3 is 2.58 bits per heavy atom. The third kappa shape index (κ3) is 3.62. The maximum Gasteiger partial charge on any atom is 0.355 e. The van der Waals surface area contributed by atoms with Crippen molar-refractivity contribution in [3.63, 3.8) is 0 Å². The van der Waals surface area contributed by atoms with Crippen LogP contribution in [0.15, 0.2) is 34.1 Å². The summed E-state index contributed by atoms with van der Waals surface area (Å²) in [4.78, 5) is 26.1. The van der Waals surface area contributed by atoms with Gasteiger partial charge in [-0.15, -0.1) is 11.3 Å². The highest BCUT2D eigenvalue weighted by Crippen LogP contribution is 2.12. The third-order valence-corrected chi connectivity index (χ3v) is 3.65. The number of carbonyl (C=O) groups excluding carboxylic acids is 1. The molecule has 0 unspecified atom stereocenters. The number of rotatable bonds is 4. The summed E-state index contributed by atoms with van der Waals surface area (Å²) in [7, 11) is 0. The second-order valence-corrected chi connectivity index (χ2v) is 5.43. The Morgan fingerprint density at radius 1 is 1.32 bits per heavy atom. The molecule has 1 heterocycles. The molecule has 0 fully saturated rings. The first-order valence-corrected chi connectivity index (χ1v) is 6.95. The van der Waals surface area contributed by atoms with Crippen molar-refractivity contribution in [3.05, 3.63) is 50.4 Å². The molecule has 7 heteroatoms. The van der Waals surface area contributed by atoms with Gasteiger partial charge in [0.1, 0.15) is 0 Å². The molecule has 0 aliphatic heterocycles. The molecule has 0 saturated carbocycles. The molecule has 0 spiro atoms. The normalized spacial score (nSPS) is 10.2. The number of amides is 1. The highest BCUT2D eigenvalue weighted by atomic mass is 79.9. The van der Waals surface area contributed by atoms with Crippen LogP contribution in [0.3, 0.4) is 0 Å². The first kappa shape index (κ1) is 13.7. The van der Waals surface area contributed by atoms with Gasteiger partial charge in [-0.3, -0.25) is 4.79 Å². The number of carboxylic acid groups (broad SMARTS) is 1. The maximum absolute atomic E-state index is 11.8. The molecule has 1 aromatic carbocycles. The Bertz CT molecular complexity index is 610. The molecule has 0 bridgehead atoms. The van der Waals surface area contributed by atoms with Crippen LogP contribution >= 0.6 is 27.3 Å². The Kier molecular flexibility index (Phi) is 4.28. The van der Waals surface area contributed by atoms with E-state index in [4.69, 9.17) is 5.11 Å². The van der Waals surface area contributed by atoms with Crippen molar-refractivity contribution in [1.82, 2.24) is 10.3 Å². The van der Waals surface area contributed by atoms with Crippen molar-refractivity contribution in [2.75, 3.05) is 0 Å². The van der Waals surface area contributed by atoms with Gasteiger partial charge in [-0.2, -0.15) is 0 Å². The monoisotopic (exact) mass is 340 g/mol. The van der Waals surface area contributed by atoms with Gasteiger partial charge >= 0.3 is 5.97 Å². The van der Waals surface area contributed by atoms with E-state index in [1.54, 1.807) is 0 Å². The number of hydrogen-bond donors (Lipinski definition) is 2. The zero-order valence-electron chi connectivity index (χ0n) is 9.59. The van der Waals surface area contributed by atoms with E-state index < -0.39 is 5.97 Å². The number of aromatic carboxylic acids is 1. The van der Waals surface area contributed by atoms with Crippen LogP contribution in [0, 0.1) is 0 Å². The molecule has 0 atom stereocenters. The van der Waals surface area contributed by atoms with Crippen LogP contribution < -0.4 is 5.32 Å². The smallest absolute Gasteiger partial charge is 0.355 e. The molecule has 2 rings (SSSR count). The van der Waals surface area contributed by atoms with E-state index in [0.29, 0.717) is 6.54 Å². The van der Waals surface area contributed by atoms with Crippen LogP contribution in [0.25, 0.3) is 0 Å². The number of hydrogen-bond acceptors (Lipinski definition) is 4. The second-order valence-electron chi connectivity index (χ2n) is 3.65. The lowest BCUT2D eigenvalue weighted by atomic mass is 10.2. The minimum atomic E-state index is -1.14. The fourth-order valence-corrected chi connectivity index (χ4v) is 2.31. The summed E-state index contributed by atoms with van der Waals surface area (Å²) in [6, 6.07) is 7.53. The lowest BCUT2D eigenvalue weighted by molar-refractivity contribution is 0.0691. The first-order chi connectivity index (χ1) is 9.06. The molecule has 2 N–H and O–H groups in total. The predicted octanol–water partition coefficient (Wildman–Crippen LogP) is 2.53. The van der Waals surface area contributed by atoms with Gasteiger partial charge in [0.15, 0.2) is 10.7 Å². The Hall–Kier alpha value is -1.73. The Labute approximate surface area is 121 Å². The van der Waals surface area contributed by atoms with Crippen molar-refractivity contribution in [2.45, 2.75) is 6.54 Å². The van der Waals surface area contributed by atoms with E-state index in [-0.39, 0.29) is 16.6 Å². The van der Waals surface area contributed by atoms with E-state index in [2.05, 4.69) is 26.2 Å². The zero-order valence-corrected chi connectivity index (χ0v) is 12.0.